The molecule has 1 aliphatic heterocycles. The summed E-state index contributed by atoms with van der Waals surface area (Å²) in [5.74, 6) is 0.995. The lowest BCUT2D eigenvalue weighted by molar-refractivity contribution is 0.572. The van der Waals surface area contributed by atoms with Crippen LogP contribution in [0.15, 0.2) is 18.3 Å². The minimum absolute atomic E-state index is 0.138. The molecular formula is C11H15N3O2S2. The Kier molecular flexibility index (Phi) is 3.29. The molecule has 18 heavy (non-hydrogen) atoms. The average molecular weight is 285 g/mol. The van der Waals surface area contributed by atoms with E-state index in [4.69, 9.17) is 18.0 Å². The molecule has 0 spiro atoms. The Balaban J connectivity index is 2.13. The van der Waals surface area contributed by atoms with E-state index in [0.29, 0.717) is 22.8 Å². The van der Waals surface area contributed by atoms with Gasteiger partial charge in [-0.15, -0.1) is 0 Å². The first-order valence-corrected chi connectivity index (χ1v) is 7.77. The van der Waals surface area contributed by atoms with E-state index in [2.05, 4.69) is 10.3 Å². The standard InChI is InChI=1S/C11H15N3O2S2/c1-11(4-5-18(15,16)7-11)14-9-3-2-8(6-13-9)10(12)17/h2-3,6H,4-5,7H2,1H3,(H2,12,17)(H,13,14). The zero-order chi connectivity index (χ0) is 13.4. The van der Waals surface area contributed by atoms with Gasteiger partial charge in [-0.3, -0.25) is 0 Å². The van der Waals surface area contributed by atoms with Crippen LogP contribution in [0.4, 0.5) is 5.82 Å². The molecule has 1 unspecified atom stereocenters. The van der Waals surface area contributed by atoms with Gasteiger partial charge in [0.25, 0.3) is 0 Å². The summed E-state index contributed by atoms with van der Waals surface area (Å²) in [6.07, 6.45) is 2.17. The number of anilines is 1. The second kappa shape index (κ2) is 4.47. The maximum atomic E-state index is 11.5. The van der Waals surface area contributed by atoms with Crippen LogP contribution >= 0.6 is 12.2 Å². The highest BCUT2D eigenvalue weighted by molar-refractivity contribution is 7.91. The van der Waals surface area contributed by atoms with Crippen molar-refractivity contribution in [1.82, 2.24) is 4.98 Å². The first-order valence-electron chi connectivity index (χ1n) is 5.54. The number of thiocarbonyl (C=S) groups is 1. The van der Waals surface area contributed by atoms with E-state index >= 15 is 0 Å². The van der Waals surface area contributed by atoms with Crippen molar-refractivity contribution >= 4 is 32.9 Å². The van der Waals surface area contributed by atoms with Crippen LogP contribution in [-0.2, 0) is 9.84 Å². The number of nitrogens with zero attached hydrogens (tertiary/aromatic N) is 1. The van der Waals surface area contributed by atoms with Gasteiger partial charge in [0.1, 0.15) is 10.8 Å². The van der Waals surface area contributed by atoms with Crippen LogP contribution in [0.2, 0.25) is 0 Å². The van der Waals surface area contributed by atoms with E-state index in [9.17, 15) is 8.42 Å². The van der Waals surface area contributed by atoms with Gasteiger partial charge in [0.2, 0.25) is 0 Å². The summed E-state index contributed by atoms with van der Waals surface area (Å²) in [4.78, 5) is 4.48. The largest absolute Gasteiger partial charge is 0.389 e. The van der Waals surface area contributed by atoms with E-state index in [1.165, 1.54) is 0 Å². The SMILES string of the molecule is CC1(Nc2ccc(C(N)=S)cn2)CCS(=O)(=O)C1. The Bertz CT molecular complexity index is 568. The van der Waals surface area contributed by atoms with E-state index < -0.39 is 15.4 Å². The number of sulfone groups is 1. The minimum Gasteiger partial charge on any atom is -0.389 e. The first-order chi connectivity index (χ1) is 8.30. The number of nitrogens with one attached hydrogen (secondary N) is 1. The molecule has 0 amide bonds. The fourth-order valence-corrected chi connectivity index (χ4v) is 4.25. The highest BCUT2D eigenvalue weighted by atomic mass is 32.2. The highest BCUT2D eigenvalue weighted by Crippen LogP contribution is 2.26. The van der Waals surface area contributed by atoms with Gasteiger partial charge in [0.05, 0.1) is 17.0 Å². The van der Waals surface area contributed by atoms with E-state index in [0.717, 1.165) is 0 Å². The molecular weight excluding hydrogens is 270 g/mol. The summed E-state index contributed by atoms with van der Waals surface area (Å²) >= 11 is 4.84. The summed E-state index contributed by atoms with van der Waals surface area (Å²) in [6.45, 7) is 1.89. The van der Waals surface area contributed by atoms with Crippen molar-refractivity contribution in [3.8, 4) is 0 Å². The van der Waals surface area contributed by atoms with Crippen LogP contribution in [0.1, 0.15) is 18.9 Å². The molecule has 0 saturated carbocycles. The highest BCUT2D eigenvalue weighted by Gasteiger charge is 2.38. The van der Waals surface area contributed by atoms with Crippen LogP contribution in [-0.4, -0.2) is 35.4 Å². The number of hydrogen-bond donors (Lipinski definition) is 2. The van der Waals surface area contributed by atoms with Crippen molar-refractivity contribution in [2.24, 2.45) is 5.73 Å². The van der Waals surface area contributed by atoms with Crippen LogP contribution in [0.3, 0.4) is 0 Å². The van der Waals surface area contributed by atoms with Crippen molar-refractivity contribution in [2.75, 3.05) is 16.8 Å². The molecule has 1 saturated heterocycles. The molecule has 98 valence electrons. The van der Waals surface area contributed by atoms with E-state index in [1.54, 1.807) is 18.3 Å². The lowest BCUT2D eigenvalue weighted by Crippen LogP contribution is -2.36. The lowest BCUT2D eigenvalue weighted by atomic mass is 10.0. The summed E-state index contributed by atoms with van der Waals surface area (Å²) < 4.78 is 23.0. The molecule has 2 rings (SSSR count). The molecule has 7 heteroatoms. The summed E-state index contributed by atoms with van der Waals surface area (Å²) in [7, 11) is -2.93. The number of rotatable bonds is 3. The van der Waals surface area contributed by atoms with Gasteiger partial charge in [-0.05, 0) is 25.5 Å². The van der Waals surface area contributed by atoms with Crippen LogP contribution in [0.5, 0.6) is 0 Å². The Morgan fingerprint density at radius 3 is 2.72 bits per heavy atom. The van der Waals surface area contributed by atoms with Gasteiger partial charge in [0, 0.05) is 11.8 Å². The Morgan fingerprint density at radius 1 is 1.56 bits per heavy atom. The van der Waals surface area contributed by atoms with Gasteiger partial charge < -0.3 is 11.1 Å². The fourth-order valence-electron chi connectivity index (χ4n) is 2.03. The second-order valence-corrected chi connectivity index (χ2v) is 7.45. The first kappa shape index (κ1) is 13.2. The molecule has 2 heterocycles. The Hall–Kier alpha value is -1.21. The maximum Gasteiger partial charge on any atom is 0.152 e. The normalized spacial score (nSPS) is 25.8. The monoisotopic (exact) mass is 285 g/mol. The maximum absolute atomic E-state index is 11.5. The molecule has 1 aliphatic rings. The number of hydrogen-bond acceptors (Lipinski definition) is 5. The topological polar surface area (TPSA) is 85.1 Å². The average Bonchev–Trinajstić information content (AvgIpc) is 2.53. The number of pyridine rings is 1. The van der Waals surface area contributed by atoms with Crippen LogP contribution < -0.4 is 11.1 Å². The van der Waals surface area contributed by atoms with Crippen LogP contribution in [0.25, 0.3) is 0 Å². The van der Waals surface area contributed by atoms with Crippen molar-refractivity contribution in [2.45, 2.75) is 18.9 Å². The van der Waals surface area contributed by atoms with E-state index in [-0.39, 0.29) is 11.5 Å². The molecule has 0 aromatic carbocycles. The molecule has 1 atom stereocenters. The Morgan fingerprint density at radius 2 is 2.28 bits per heavy atom. The van der Waals surface area contributed by atoms with Gasteiger partial charge >= 0.3 is 0 Å². The van der Waals surface area contributed by atoms with Crippen molar-refractivity contribution in [3.63, 3.8) is 0 Å². The molecule has 3 N–H and O–H groups in total. The molecule has 1 aromatic rings. The van der Waals surface area contributed by atoms with Crippen LogP contribution in [0, 0.1) is 0 Å². The molecule has 1 fully saturated rings. The number of nitrogens with two attached hydrogens (primary N) is 1. The zero-order valence-electron chi connectivity index (χ0n) is 10.0. The molecule has 0 aliphatic carbocycles. The van der Waals surface area contributed by atoms with Gasteiger partial charge in [-0.25, -0.2) is 13.4 Å². The van der Waals surface area contributed by atoms with Crippen molar-refractivity contribution in [1.29, 1.82) is 0 Å². The Labute approximate surface area is 112 Å². The zero-order valence-corrected chi connectivity index (χ0v) is 11.6. The van der Waals surface area contributed by atoms with Gasteiger partial charge in [0.15, 0.2) is 9.84 Å². The third-order valence-corrected chi connectivity index (χ3v) is 5.12. The molecule has 5 nitrogen and oxygen atoms in total. The smallest absolute Gasteiger partial charge is 0.152 e. The quantitative estimate of drug-likeness (QED) is 0.795. The minimum atomic E-state index is -2.93. The van der Waals surface area contributed by atoms with Crippen molar-refractivity contribution in [3.05, 3.63) is 23.9 Å². The number of aromatic nitrogens is 1. The van der Waals surface area contributed by atoms with Crippen molar-refractivity contribution < 1.29 is 8.42 Å². The third-order valence-electron chi connectivity index (χ3n) is 2.98. The van der Waals surface area contributed by atoms with Gasteiger partial charge in [-0.2, -0.15) is 0 Å². The lowest BCUT2D eigenvalue weighted by Gasteiger charge is -2.24. The molecule has 0 bridgehead atoms. The molecule has 0 radical (unpaired) electrons. The predicted molar refractivity (Wildman–Crippen MR) is 75.4 cm³/mol. The molecule has 1 aromatic heterocycles. The predicted octanol–water partition coefficient (Wildman–Crippen LogP) is 0.705. The van der Waals surface area contributed by atoms with E-state index in [1.807, 2.05) is 6.92 Å². The fraction of sp³-hybridized carbons (Fsp3) is 0.455. The summed E-state index contributed by atoms with van der Waals surface area (Å²) in [6, 6.07) is 3.52. The second-order valence-electron chi connectivity index (χ2n) is 4.82. The summed E-state index contributed by atoms with van der Waals surface area (Å²) in [5.41, 5.74) is 5.73. The third kappa shape index (κ3) is 2.97. The van der Waals surface area contributed by atoms with Gasteiger partial charge in [-0.1, -0.05) is 12.2 Å². The summed E-state index contributed by atoms with van der Waals surface area (Å²) in [5, 5.41) is 3.16.